The summed E-state index contributed by atoms with van der Waals surface area (Å²) in [6.45, 7) is 3.44. The van der Waals surface area contributed by atoms with E-state index in [1.165, 1.54) is 6.07 Å². The number of aliphatic hydroxyl groups is 1. The highest BCUT2D eigenvalue weighted by Gasteiger charge is 2.38. The molecule has 0 saturated carbocycles. The molecule has 2 N–H and O–H groups in total. The van der Waals surface area contributed by atoms with Gasteiger partial charge in [-0.1, -0.05) is 19.1 Å². The Labute approximate surface area is 106 Å². The summed E-state index contributed by atoms with van der Waals surface area (Å²) in [5.74, 6) is -1.61. The van der Waals surface area contributed by atoms with Gasteiger partial charge < -0.3 is 10.4 Å². The molecule has 1 aromatic carbocycles. The first kappa shape index (κ1) is 13.4. The van der Waals surface area contributed by atoms with E-state index in [1.807, 2.05) is 6.92 Å². The van der Waals surface area contributed by atoms with Crippen LogP contribution in [0.3, 0.4) is 0 Å². The lowest BCUT2D eigenvalue weighted by Crippen LogP contribution is -2.51. The molecule has 0 spiro atoms. The summed E-state index contributed by atoms with van der Waals surface area (Å²) in [6.07, 6.45) is 1.57. The van der Waals surface area contributed by atoms with Crippen molar-refractivity contribution < 1.29 is 13.9 Å². The Hall–Kier alpha value is -1.00. The van der Waals surface area contributed by atoms with E-state index in [1.54, 1.807) is 6.07 Å². The molecule has 100 valence electrons. The number of nitrogens with one attached hydrogen (secondary N) is 1. The molecule has 1 aliphatic heterocycles. The molecule has 4 heteroatoms. The van der Waals surface area contributed by atoms with E-state index in [9.17, 15) is 13.9 Å². The molecule has 0 aliphatic carbocycles. The monoisotopic (exact) mass is 255 g/mol. The van der Waals surface area contributed by atoms with Crippen LogP contribution in [-0.2, 0) is 6.42 Å². The van der Waals surface area contributed by atoms with Crippen molar-refractivity contribution in [2.24, 2.45) is 5.92 Å². The average Bonchev–Trinajstić information content (AvgIpc) is 2.35. The van der Waals surface area contributed by atoms with Crippen molar-refractivity contribution in [3.8, 4) is 0 Å². The molecular weight excluding hydrogens is 236 g/mol. The van der Waals surface area contributed by atoms with Gasteiger partial charge in [-0.15, -0.1) is 0 Å². The van der Waals surface area contributed by atoms with Gasteiger partial charge in [0.05, 0.1) is 5.60 Å². The van der Waals surface area contributed by atoms with Crippen molar-refractivity contribution in [3.63, 3.8) is 0 Å². The summed E-state index contributed by atoms with van der Waals surface area (Å²) in [4.78, 5) is 0. The van der Waals surface area contributed by atoms with Crippen LogP contribution in [0.5, 0.6) is 0 Å². The van der Waals surface area contributed by atoms with E-state index in [2.05, 4.69) is 5.32 Å². The topological polar surface area (TPSA) is 32.3 Å². The zero-order valence-electron chi connectivity index (χ0n) is 10.5. The summed E-state index contributed by atoms with van der Waals surface area (Å²) in [6, 6.07) is 4.13. The molecule has 1 aromatic rings. The third-order valence-electron chi connectivity index (χ3n) is 3.91. The Bertz CT molecular complexity index is 424. The first-order valence-electron chi connectivity index (χ1n) is 6.43. The lowest BCUT2D eigenvalue weighted by atomic mass is 9.76. The highest BCUT2D eigenvalue weighted by molar-refractivity contribution is 5.21. The second kappa shape index (κ2) is 5.33. The Morgan fingerprint density at radius 2 is 2.22 bits per heavy atom. The molecule has 2 nitrogen and oxygen atoms in total. The summed E-state index contributed by atoms with van der Waals surface area (Å²) in [7, 11) is 0. The van der Waals surface area contributed by atoms with Crippen molar-refractivity contribution in [2.75, 3.05) is 13.1 Å². The number of benzene rings is 1. The summed E-state index contributed by atoms with van der Waals surface area (Å²) < 4.78 is 26.8. The van der Waals surface area contributed by atoms with Crippen LogP contribution in [0.2, 0.25) is 0 Å². The average molecular weight is 255 g/mol. The van der Waals surface area contributed by atoms with E-state index in [0.29, 0.717) is 13.0 Å². The van der Waals surface area contributed by atoms with Crippen molar-refractivity contribution >= 4 is 0 Å². The fourth-order valence-corrected chi connectivity index (χ4v) is 2.75. The SMILES string of the molecule is CCC1CNCCC1(O)Cc1cccc(F)c1F. The smallest absolute Gasteiger partial charge is 0.162 e. The van der Waals surface area contributed by atoms with Crippen molar-refractivity contribution in [2.45, 2.75) is 31.8 Å². The zero-order chi connectivity index (χ0) is 13.2. The molecule has 0 radical (unpaired) electrons. The first-order valence-corrected chi connectivity index (χ1v) is 6.43. The van der Waals surface area contributed by atoms with Gasteiger partial charge in [-0.3, -0.25) is 0 Å². The molecule has 1 aliphatic rings. The van der Waals surface area contributed by atoms with Crippen LogP contribution in [-0.4, -0.2) is 23.8 Å². The molecule has 0 bridgehead atoms. The maximum Gasteiger partial charge on any atom is 0.162 e. The fraction of sp³-hybridized carbons (Fsp3) is 0.571. The van der Waals surface area contributed by atoms with Crippen molar-refractivity contribution in [3.05, 3.63) is 35.4 Å². The van der Waals surface area contributed by atoms with Gasteiger partial charge in [0, 0.05) is 18.9 Å². The van der Waals surface area contributed by atoms with E-state index < -0.39 is 17.2 Å². The minimum atomic E-state index is -0.936. The summed E-state index contributed by atoms with van der Waals surface area (Å²) in [5.41, 5.74) is -0.674. The molecule has 18 heavy (non-hydrogen) atoms. The third kappa shape index (κ3) is 2.54. The Kier molecular flexibility index (Phi) is 3.97. The number of hydrogen-bond donors (Lipinski definition) is 2. The van der Waals surface area contributed by atoms with Crippen LogP contribution in [0, 0.1) is 17.6 Å². The molecule has 2 atom stereocenters. The summed E-state index contributed by atoms with van der Waals surface area (Å²) in [5, 5.41) is 13.9. The Balaban J connectivity index is 2.23. The largest absolute Gasteiger partial charge is 0.389 e. The van der Waals surface area contributed by atoms with E-state index in [4.69, 9.17) is 0 Å². The fourth-order valence-electron chi connectivity index (χ4n) is 2.75. The van der Waals surface area contributed by atoms with Crippen LogP contribution in [0.15, 0.2) is 18.2 Å². The summed E-state index contributed by atoms with van der Waals surface area (Å²) >= 11 is 0. The van der Waals surface area contributed by atoms with Gasteiger partial charge in [-0.2, -0.15) is 0 Å². The van der Waals surface area contributed by atoms with Gasteiger partial charge in [-0.25, -0.2) is 8.78 Å². The van der Waals surface area contributed by atoms with Crippen LogP contribution in [0.4, 0.5) is 8.78 Å². The van der Waals surface area contributed by atoms with E-state index >= 15 is 0 Å². The molecule has 0 amide bonds. The maximum atomic E-state index is 13.7. The molecular formula is C14H19F2NO. The van der Waals surface area contributed by atoms with Gasteiger partial charge in [0.1, 0.15) is 0 Å². The predicted octanol–water partition coefficient (Wildman–Crippen LogP) is 2.26. The van der Waals surface area contributed by atoms with E-state index in [0.717, 1.165) is 19.0 Å². The highest BCUT2D eigenvalue weighted by atomic mass is 19.2. The van der Waals surface area contributed by atoms with Crippen LogP contribution >= 0.6 is 0 Å². The molecule has 1 fully saturated rings. The quantitative estimate of drug-likeness (QED) is 0.868. The molecule has 2 rings (SSSR count). The van der Waals surface area contributed by atoms with Gasteiger partial charge in [0.15, 0.2) is 11.6 Å². The second-order valence-corrected chi connectivity index (χ2v) is 5.05. The first-order chi connectivity index (χ1) is 8.57. The van der Waals surface area contributed by atoms with Gasteiger partial charge >= 0.3 is 0 Å². The Morgan fingerprint density at radius 1 is 1.44 bits per heavy atom. The molecule has 1 heterocycles. The van der Waals surface area contributed by atoms with Gasteiger partial charge in [-0.05, 0) is 31.0 Å². The maximum absolute atomic E-state index is 13.7. The number of piperidine rings is 1. The van der Waals surface area contributed by atoms with Crippen molar-refractivity contribution in [1.29, 1.82) is 0 Å². The van der Waals surface area contributed by atoms with E-state index in [-0.39, 0.29) is 17.9 Å². The number of hydrogen-bond acceptors (Lipinski definition) is 2. The van der Waals surface area contributed by atoms with Gasteiger partial charge in [0.2, 0.25) is 0 Å². The Morgan fingerprint density at radius 3 is 2.94 bits per heavy atom. The zero-order valence-corrected chi connectivity index (χ0v) is 10.5. The molecule has 1 saturated heterocycles. The van der Waals surface area contributed by atoms with Crippen LogP contribution in [0.1, 0.15) is 25.3 Å². The molecule has 0 aromatic heterocycles. The third-order valence-corrected chi connectivity index (χ3v) is 3.91. The second-order valence-electron chi connectivity index (χ2n) is 5.05. The predicted molar refractivity (Wildman–Crippen MR) is 66.3 cm³/mol. The van der Waals surface area contributed by atoms with Crippen LogP contribution < -0.4 is 5.32 Å². The van der Waals surface area contributed by atoms with Crippen molar-refractivity contribution in [1.82, 2.24) is 5.32 Å². The minimum absolute atomic E-state index is 0.0777. The van der Waals surface area contributed by atoms with Crippen LogP contribution in [0.25, 0.3) is 0 Å². The lowest BCUT2D eigenvalue weighted by molar-refractivity contribution is -0.0420. The standard InChI is InChI=1S/C14H19F2NO/c1-2-11-9-17-7-6-14(11,18)8-10-4-3-5-12(15)13(10)16/h3-5,11,17-18H,2,6-9H2,1H3. The number of rotatable bonds is 3. The normalized spacial score (nSPS) is 28.3. The minimum Gasteiger partial charge on any atom is -0.389 e. The highest BCUT2D eigenvalue weighted by Crippen LogP contribution is 2.31. The number of halogens is 2. The molecule has 2 unspecified atom stereocenters. The van der Waals surface area contributed by atoms with Gasteiger partial charge in [0.25, 0.3) is 0 Å². The lowest BCUT2D eigenvalue weighted by Gasteiger charge is -2.40.